The molecule has 142 valence electrons. The lowest BCUT2D eigenvalue weighted by molar-refractivity contribution is -0.118. The summed E-state index contributed by atoms with van der Waals surface area (Å²) < 4.78 is 10.4. The van der Waals surface area contributed by atoms with Crippen LogP contribution in [0.5, 0.6) is 11.5 Å². The second-order valence-corrected chi connectivity index (χ2v) is 6.44. The molecule has 0 saturated carbocycles. The third-order valence-corrected chi connectivity index (χ3v) is 4.60. The fourth-order valence-corrected chi connectivity index (χ4v) is 3.25. The number of fused-ring (bicyclic) bond motifs is 1. The van der Waals surface area contributed by atoms with Crippen LogP contribution in [0.4, 0.5) is 11.4 Å². The molecule has 2 aromatic rings. The van der Waals surface area contributed by atoms with E-state index in [9.17, 15) is 9.59 Å². The molecule has 2 amide bonds. The number of methoxy groups -OCH3 is 2. The van der Waals surface area contributed by atoms with Gasteiger partial charge in [-0.1, -0.05) is 6.92 Å². The summed E-state index contributed by atoms with van der Waals surface area (Å²) in [6.45, 7) is 2.76. The topological polar surface area (TPSA) is 67.9 Å². The third kappa shape index (κ3) is 4.05. The summed E-state index contributed by atoms with van der Waals surface area (Å²) in [6, 6.07) is 10.7. The first-order valence-corrected chi connectivity index (χ1v) is 9.03. The Balaban J connectivity index is 1.82. The van der Waals surface area contributed by atoms with Crippen molar-refractivity contribution in [2.24, 2.45) is 0 Å². The molecular formula is C21H24N2O4. The first-order valence-electron chi connectivity index (χ1n) is 9.03. The van der Waals surface area contributed by atoms with Crippen molar-refractivity contribution in [3.05, 3.63) is 47.5 Å². The van der Waals surface area contributed by atoms with Gasteiger partial charge < -0.3 is 19.7 Å². The lowest BCUT2D eigenvalue weighted by atomic mass is 10.00. The average Bonchev–Trinajstić information content (AvgIpc) is 2.69. The SMILES string of the molecule is CCCN1C(=O)CCc2cc(NC(=O)c3cc(OC)cc(OC)c3)ccc21. The number of anilines is 2. The smallest absolute Gasteiger partial charge is 0.255 e. The van der Waals surface area contributed by atoms with Crippen molar-refractivity contribution in [1.82, 2.24) is 0 Å². The van der Waals surface area contributed by atoms with E-state index in [-0.39, 0.29) is 11.8 Å². The van der Waals surface area contributed by atoms with Crippen molar-refractivity contribution in [3.8, 4) is 11.5 Å². The van der Waals surface area contributed by atoms with Crippen LogP contribution in [0.15, 0.2) is 36.4 Å². The maximum atomic E-state index is 12.7. The van der Waals surface area contributed by atoms with Gasteiger partial charge in [-0.2, -0.15) is 0 Å². The number of rotatable bonds is 6. The first-order chi connectivity index (χ1) is 13.0. The number of nitrogens with one attached hydrogen (secondary N) is 1. The van der Waals surface area contributed by atoms with E-state index in [1.54, 1.807) is 32.4 Å². The van der Waals surface area contributed by atoms with Crippen LogP contribution in [0, 0.1) is 0 Å². The molecule has 1 N–H and O–H groups in total. The fraction of sp³-hybridized carbons (Fsp3) is 0.333. The molecule has 0 atom stereocenters. The zero-order valence-electron chi connectivity index (χ0n) is 15.9. The second-order valence-electron chi connectivity index (χ2n) is 6.44. The highest BCUT2D eigenvalue weighted by Crippen LogP contribution is 2.31. The number of carbonyl (C=O) groups is 2. The Morgan fingerprint density at radius 1 is 1.07 bits per heavy atom. The van der Waals surface area contributed by atoms with Crippen molar-refractivity contribution in [1.29, 1.82) is 0 Å². The minimum absolute atomic E-state index is 0.157. The molecule has 6 nitrogen and oxygen atoms in total. The Bertz CT molecular complexity index is 841. The summed E-state index contributed by atoms with van der Waals surface area (Å²) in [7, 11) is 3.09. The van der Waals surface area contributed by atoms with E-state index < -0.39 is 0 Å². The molecule has 0 spiro atoms. The highest BCUT2D eigenvalue weighted by atomic mass is 16.5. The average molecular weight is 368 g/mol. The summed E-state index contributed by atoms with van der Waals surface area (Å²) in [5.74, 6) is 1.02. The predicted molar refractivity (Wildman–Crippen MR) is 105 cm³/mol. The van der Waals surface area contributed by atoms with Gasteiger partial charge in [-0.15, -0.1) is 0 Å². The Labute approximate surface area is 159 Å². The molecule has 1 aliphatic rings. The quantitative estimate of drug-likeness (QED) is 0.845. The van der Waals surface area contributed by atoms with Gasteiger partial charge in [0, 0.05) is 36.0 Å². The largest absolute Gasteiger partial charge is 0.497 e. The molecule has 6 heteroatoms. The van der Waals surface area contributed by atoms with Gasteiger partial charge in [0.2, 0.25) is 5.91 Å². The van der Waals surface area contributed by atoms with Crippen LogP contribution in [0.1, 0.15) is 35.7 Å². The van der Waals surface area contributed by atoms with Gasteiger partial charge in [-0.3, -0.25) is 9.59 Å². The van der Waals surface area contributed by atoms with Crippen LogP contribution in [0.2, 0.25) is 0 Å². The Morgan fingerprint density at radius 3 is 2.41 bits per heavy atom. The summed E-state index contributed by atoms with van der Waals surface area (Å²) >= 11 is 0. The number of carbonyl (C=O) groups excluding carboxylic acids is 2. The molecule has 2 aromatic carbocycles. The standard InChI is InChI=1S/C21H24N2O4/c1-4-9-23-19-7-6-16(10-14(19)5-8-20(23)24)22-21(25)15-11-17(26-2)13-18(12-15)27-3/h6-7,10-13H,4-5,8-9H2,1-3H3,(H,22,25). The normalized spacial score (nSPS) is 13.1. The van der Waals surface area contributed by atoms with Crippen LogP contribution in [-0.2, 0) is 11.2 Å². The molecule has 0 unspecified atom stereocenters. The van der Waals surface area contributed by atoms with E-state index >= 15 is 0 Å². The lowest BCUT2D eigenvalue weighted by Gasteiger charge is -2.29. The van der Waals surface area contributed by atoms with Crippen molar-refractivity contribution in [2.45, 2.75) is 26.2 Å². The summed E-state index contributed by atoms with van der Waals surface area (Å²) in [5, 5.41) is 2.92. The molecule has 0 aromatic heterocycles. The number of aryl methyl sites for hydroxylation is 1. The van der Waals surface area contributed by atoms with E-state index in [1.807, 2.05) is 23.1 Å². The first kappa shape index (κ1) is 18.8. The van der Waals surface area contributed by atoms with E-state index in [1.165, 1.54) is 0 Å². The highest BCUT2D eigenvalue weighted by molar-refractivity contribution is 6.05. The van der Waals surface area contributed by atoms with Gasteiger partial charge in [-0.25, -0.2) is 0 Å². The number of hydrogen-bond donors (Lipinski definition) is 1. The van der Waals surface area contributed by atoms with Crippen LogP contribution in [0.25, 0.3) is 0 Å². The zero-order chi connectivity index (χ0) is 19.4. The lowest BCUT2D eigenvalue weighted by Crippen LogP contribution is -2.35. The number of hydrogen-bond acceptors (Lipinski definition) is 4. The van der Waals surface area contributed by atoms with Crippen LogP contribution >= 0.6 is 0 Å². The van der Waals surface area contributed by atoms with Crippen LogP contribution in [0.3, 0.4) is 0 Å². The van der Waals surface area contributed by atoms with Crippen molar-refractivity contribution in [3.63, 3.8) is 0 Å². The molecule has 1 aliphatic heterocycles. The van der Waals surface area contributed by atoms with Crippen molar-refractivity contribution in [2.75, 3.05) is 31.0 Å². The summed E-state index contributed by atoms with van der Waals surface area (Å²) in [5.41, 5.74) is 3.16. The Hall–Kier alpha value is -3.02. The van der Waals surface area contributed by atoms with E-state index in [0.717, 1.165) is 17.7 Å². The second kappa shape index (κ2) is 8.12. The Kier molecular flexibility index (Phi) is 5.64. The summed E-state index contributed by atoms with van der Waals surface area (Å²) in [6.07, 6.45) is 2.09. The molecule has 1 heterocycles. The number of ether oxygens (including phenoxy) is 2. The van der Waals surface area contributed by atoms with Crippen molar-refractivity contribution >= 4 is 23.2 Å². The van der Waals surface area contributed by atoms with E-state index in [4.69, 9.17) is 9.47 Å². The molecule has 0 saturated heterocycles. The molecular weight excluding hydrogens is 344 g/mol. The molecule has 0 aliphatic carbocycles. The van der Waals surface area contributed by atoms with Crippen LogP contribution in [-0.4, -0.2) is 32.6 Å². The fourth-order valence-electron chi connectivity index (χ4n) is 3.25. The monoisotopic (exact) mass is 368 g/mol. The molecule has 0 radical (unpaired) electrons. The third-order valence-electron chi connectivity index (χ3n) is 4.60. The molecule has 0 fully saturated rings. The molecule has 0 bridgehead atoms. The summed E-state index contributed by atoms with van der Waals surface area (Å²) in [4.78, 5) is 26.6. The van der Waals surface area contributed by atoms with Gasteiger partial charge in [-0.05, 0) is 48.7 Å². The van der Waals surface area contributed by atoms with Crippen LogP contribution < -0.4 is 19.7 Å². The van der Waals surface area contributed by atoms with Gasteiger partial charge in [0.25, 0.3) is 5.91 Å². The maximum absolute atomic E-state index is 12.7. The maximum Gasteiger partial charge on any atom is 0.255 e. The number of benzene rings is 2. The molecule has 27 heavy (non-hydrogen) atoms. The number of amides is 2. The van der Waals surface area contributed by atoms with E-state index in [2.05, 4.69) is 12.2 Å². The molecule has 3 rings (SSSR count). The number of nitrogens with zero attached hydrogens (tertiary/aromatic N) is 1. The van der Waals surface area contributed by atoms with Gasteiger partial charge >= 0.3 is 0 Å². The minimum atomic E-state index is -0.246. The van der Waals surface area contributed by atoms with Gasteiger partial charge in [0.05, 0.1) is 14.2 Å². The minimum Gasteiger partial charge on any atom is -0.497 e. The van der Waals surface area contributed by atoms with Gasteiger partial charge in [0.15, 0.2) is 0 Å². The zero-order valence-corrected chi connectivity index (χ0v) is 15.9. The highest BCUT2D eigenvalue weighted by Gasteiger charge is 2.23. The van der Waals surface area contributed by atoms with Gasteiger partial charge in [0.1, 0.15) is 11.5 Å². The predicted octanol–water partition coefficient (Wildman–Crippen LogP) is 3.65. The van der Waals surface area contributed by atoms with Crippen molar-refractivity contribution < 1.29 is 19.1 Å². The Morgan fingerprint density at radius 2 is 1.78 bits per heavy atom. The van der Waals surface area contributed by atoms with E-state index in [0.29, 0.717) is 42.1 Å².